The molecule has 3 aliphatic carbocycles. The van der Waals surface area contributed by atoms with Gasteiger partial charge in [0.1, 0.15) is 0 Å². The summed E-state index contributed by atoms with van der Waals surface area (Å²) >= 11 is 0. The molecule has 10 aromatic rings. The second kappa shape index (κ2) is 15.0. The van der Waals surface area contributed by atoms with E-state index in [1.54, 1.807) is 0 Å². The summed E-state index contributed by atoms with van der Waals surface area (Å²) in [5.41, 5.74) is 26.3. The highest BCUT2D eigenvalue weighted by molar-refractivity contribution is 5.90. The van der Waals surface area contributed by atoms with Crippen LogP contribution in [0.1, 0.15) is 72.2 Å². The summed E-state index contributed by atoms with van der Waals surface area (Å²) in [6.45, 7) is 9.54. The second-order valence-corrected chi connectivity index (χ2v) is 20.0. The van der Waals surface area contributed by atoms with Crippen LogP contribution >= 0.6 is 0 Å². The van der Waals surface area contributed by atoms with Crippen molar-refractivity contribution >= 4 is 17.1 Å². The van der Waals surface area contributed by atoms with Crippen molar-refractivity contribution < 1.29 is 0 Å². The predicted molar refractivity (Wildman–Crippen MR) is 284 cm³/mol. The topological polar surface area (TPSA) is 3.24 Å². The molecule has 1 heteroatoms. The molecule has 0 unspecified atom stereocenters. The second-order valence-electron chi connectivity index (χ2n) is 20.0. The van der Waals surface area contributed by atoms with Crippen LogP contribution in [0.25, 0.3) is 55.6 Å². The molecule has 0 radical (unpaired) electrons. The molecule has 1 nitrogen and oxygen atoms in total. The first-order valence-corrected chi connectivity index (χ1v) is 24.1. The van der Waals surface area contributed by atoms with Crippen molar-refractivity contribution in [3.8, 4) is 55.6 Å². The number of benzene rings is 10. The Balaban J connectivity index is 0.925. The van der Waals surface area contributed by atoms with Gasteiger partial charge in [0.25, 0.3) is 0 Å². The molecule has 3 aliphatic rings. The van der Waals surface area contributed by atoms with E-state index in [-0.39, 0.29) is 10.8 Å². The van der Waals surface area contributed by atoms with Gasteiger partial charge in [-0.1, -0.05) is 216 Å². The smallest absolute Gasteiger partial charge is 0.0719 e. The molecule has 0 aromatic heterocycles. The van der Waals surface area contributed by atoms with Gasteiger partial charge >= 0.3 is 0 Å². The summed E-state index contributed by atoms with van der Waals surface area (Å²) in [7, 11) is 0. The average molecular weight is 870 g/mol. The van der Waals surface area contributed by atoms with E-state index in [2.05, 4.69) is 269 Å². The number of fused-ring (bicyclic) bond motifs is 12. The molecule has 0 amide bonds. The maximum atomic E-state index is 2.50. The van der Waals surface area contributed by atoms with Gasteiger partial charge in [0.2, 0.25) is 0 Å². The molecule has 324 valence electrons. The SMILES string of the molecule is CC1(C)c2ccccc2-c2ccc(-c3ccc(N(c4ccc(-c5ccccc5)cc4)c4cccc(-c5ccc6c(c5)C(C)(C)c5ccccc5C65c6ccccc6-c6ccccc65)c4)cc3)cc21. The normalized spacial score (nSPS) is 14.8. The van der Waals surface area contributed by atoms with Gasteiger partial charge in [-0.05, 0) is 149 Å². The van der Waals surface area contributed by atoms with Crippen LogP contribution in [0, 0.1) is 0 Å². The zero-order valence-corrected chi connectivity index (χ0v) is 39.0. The molecule has 10 aromatic carbocycles. The number of rotatable bonds is 6. The van der Waals surface area contributed by atoms with Gasteiger partial charge in [-0.3, -0.25) is 0 Å². The molecule has 0 aliphatic heterocycles. The molecule has 0 atom stereocenters. The molecule has 0 bridgehead atoms. The molecule has 1 spiro atoms. The minimum absolute atomic E-state index is 0.0529. The Hall–Kier alpha value is -8.00. The van der Waals surface area contributed by atoms with Crippen LogP contribution in [0.15, 0.2) is 237 Å². The van der Waals surface area contributed by atoms with Crippen molar-refractivity contribution in [2.75, 3.05) is 4.90 Å². The Morgan fingerprint density at radius 3 is 1.28 bits per heavy atom. The van der Waals surface area contributed by atoms with E-state index in [0.29, 0.717) is 0 Å². The molecule has 13 rings (SSSR count). The minimum Gasteiger partial charge on any atom is -0.310 e. The van der Waals surface area contributed by atoms with Crippen molar-refractivity contribution in [1.82, 2.24) is 0 Å². The fourth-order valence-corrected chi connectivity index (χ4v) is 12.4. The van der Waals surface area contributed by atoms with Crippen LogP contribution in [0.4, 0.5) is 17.1 Å². The Bertz CT molecular complexity index is 3560. The molecular weight excluding hydrogens is 819 g/mol. The van der Waals surface area contributed by atoms with E-state index in [1.807, 2.05) is 0 Å². The molecule has 0 fully saturated rings. The molecule has 0 saturated heterocycles. The van der Waals surface area contributed by atoms with E-state index in [1.165, 1.54) is 100 Å². The Morgan fingerprint density at radius 1 is 0.235 bits per heavy atom. The van der Waals surface area contributed by atoms with Gasteiger partial charge in [-0.15, -0.1) is 0 Å². The summed E-state index contributed by atoms with van der Waals surface area (Å²) in [6.07, 6.45) is 0. The van der Waals surface area contributed by atoms with E-state index in [9.17, 15) is 0 Å². The lowest BCUT2D eigenvalue weighted by atomic mass is 9.55. The van der Waals surface area contributed by atoms with Gasteiger partial charge < -0.3 is 4.90 Å². The van der Waals surface area contributed by atoms with Gasteiger partial charge in [-0.25, -0.2) is 0 Å². The van der Waals surface area contributed by atoms with Crippen LogP contribution in [-0.2, 0) is 16.2 Å². The quantitative estimate of drug-likeness (QED) is 0.161. The van der Waals surface area contributed by atoms with Gasteiger partial charge in [0, 0.05) is 27.9 Å². The molecule has 68 heavy (non-hydrogen) atoms. The van der Waals surface area contributed by atoms with Crippen LogP contribution in [0.3, 0.4) is 0 Å². The first-order chi connectivity index (χ1) is 33.2. The van der Waals surface area contributed by atoms with Crippen molar-refractivity contribution in [2.24, 2.45) is 0 Å². The van der Waals surface area contributed by atoms with Crippen LogP contribution in [0.5, 0.6) is 0 Å². The minimum atomic E-state index is -0.412. The third-order valence-corrected chi connectivity index (χ3v) is 15.8. The lowest BCUT2D eigenvalue weighted by molar-refractivity contribution is 0.563. The van der Waals surface area contributed by atoms with E-state index in [4.69, 9.17) is 0 Å². The van der Waals surface area contributed by atoms with Crippen LogP contribution in [0.2, 0.25) is 0 Å². The first-order valence-electron chi connectivity index (χ1n) is 24.1. The van der Waals surface area contributed by atoms with Crippen LogP contribution < -0.4 is 4.90 Å². The fraction of sp³-hybridized carbons (Fsp3) is 0.104. The Labute approximate surface area is 400 Å². The number of anilines is 3. The zero-order valence-electron chi connectivity index (χ0n) is 39.0. The highest BCUT2D eigenvalue weighted by Crippen LogP contribution is 2.62. The summed E-state index contributed by atoms with van der Waals surface area (Å²) in [5, 5.41) is 0. The third kappa shape index (κ3) is 5.82. The van der Waals surface area contributed by atoms with Crippen molar-refractivity contribution in [3.63, 3.8) is 0 Å². The Morgan fingerprint density at radius 2 is 0.632 bits per heavy atom. The van der Waals surface area contributed by atoms with Crippen LogP contribution in [-0.4, -0.2) is 0 Å². The maximum absolute atomic E-state index is 2.50. The number of nitrogens with zero attached hydrogens (tertiary/aromatic N) is 1. The summed E-state index contributed by atoms with van der Waals surface area (Å²) in [5.74, 6) is 0. The predicted octanol–water partition coefficient (Wildman–Crippen LogP) is 17.5. The fourth-order valence-electron chi connectivity index (χ4n) is 12.4. The van der Waals surface area contributed by atoms with Crippen molar-refractivity contribution in [3.05, 3.63) is 281 Å². The molecule has 0 heterocycles. The number of hydrogen-bond donors (Lipinski definition) is 0. The summed E-state index contributed by atoms with van der Waals surface area (Å²) in [6, 6.07) is 88.6. The standard InChI is InChI=1S/C67H51N/c1-65(2)57-24-11-8-21-53(57)56-39-33-48(42-63(56)65)46-31-37-51(38-32-46)68(50-35-29-45(30-36-50)44-17-6-5-7-18-44)52-20-16-19-47(41-52)49-34-40-62-64(43-49)66(3,4)60-27-14-15-28-61(60)67(62)58-25-12-9-22-54(58)55-23-10-13-26-59(55)67/h5-43H,1-4H3. The molecule has 0 saturated carbocycles. The van der Waals surface area contributed by atoms with Gasteiger partial charge in [-0.2, -0.15) is 0 Å². The molecular formula is C67H51N. The molecule has 0 N–H and O–H groups in total. The highest BCUT2D eigenvalue weighted by atomic mass is 15.1. The summed E-state index contributed by atoms with van der Waals surface area (Å²) in [4.78, 5) is 2.41. The highest BCUT2D eigenvalue weighted by Gasteiger charge is 2.53. The third-order valence-electron chi connectivity index (χ3n) is 15.8. The van der Waals surface area contributed by atoms with E-state index >= 15 is 0 Å². The summed E-state index contributed by atoms with van der Waals surface area (Å²) < 4.78 is 0. The van der Waals surface area contributed by atoms with E-state index < -0.39 is 5.41 Å². The van der Waals surface area contributed by atoms with Crippen molar-refractivity contribution in [2.45, 2.75) is 43.9 Å². The van der Waals surface area contributed by atoms with Gasteiger partial charge in [0.05, 0.1) is 5.41 Å². The zero-order chi connectivity index (χ0) is 45.8. The largest absolute Gasteiger partial charge is 0.310 e. The lowest BCUT2D eigenvalue weighted by Gasteiger charge is -2.46. The average Bonchev–Trinajstić information content (AvgIpc) is 3.82. The van der Waals surface area contributed by atoms with Gasteiger partial charge in [0.15, 0.2) is 0 Å². The Kier molecular flexibility index (Phi) is 8.89. The maximum Gasteiger partial charge on any atom is 0.0719 e. The van der Waals surface area contributed by atoms with Crippen molar-refractivity contribution in [1.29, 1.82) is 0 Å². The van der Waals surface area contributed by atoms with E-state index in [0.717, 1.165) is 17.1 Å². The first kappa shape index (κ1) is 40.3. The monoisotopic (exact) mass is 869 g/mol. The number of hydrogen-bond acceptors (Lipinski definition) is 1. The lowest BCUT2D eigenvalue weighted by Crippen LogP contribution is -2.40.